The SMILES string of the molecule is CCn1c(-c2ccccc2)c(-c2ccccc2)c2c1C(c1ccccc1)c1c(-c3ccccc3)c(-c3ccccc3)n(CC)c1C2c1ccccc1. The first-order valence-corrected chi connectivity index (χ1v) is 18.6. The lowest BCUT2D eigenvalue weighted by Gasteiger charge is -2.34. The quantitative estimate of drug-likeness (QED) is 0.152. The van der Waals surface area contributed by atoms with Crippen molar-refractivity contribution in [3.05, 3.63) is 216 Å². The lowest BCUT2D eigenvalue weighted by atomic mass is 9.70. The normalized spacial score (nSPS) is 14.9. The summed E-state index contributed by atoms with van der Waals surface area (Å²) in [6, 6.07) is 66.9. The van der Waals surface area contributed by atoms with Gasteiger partial charge < -0.3 is 9.13 Å². The maximum Gasteiger partial charge on any atom is 0.0565 e. The molecule has 0 spiro atoms. The molecule has 0 bridgehead atoms. The minimum Gasteiger partial charge on any atom is -0.343 e. The summed E-state index contributed by atoms with van der Waals surface area (Å²) in [5, 5.41) is 0. The molecular weight excluding hydrogens is 629 g/mol. The molecule has 2 unspecified atom stereocenters. The molecule has 8 aromatic rings. The third-order valence-corrected chi connectivity index (χ3v) is 10.9. The van der Waals surface area contributed by atoms with Crippen LogP contribution in [0.1, 0.15) is 59.3 Å². The Hall–Kier alpha value is -6.12. The molecule has 2 heteroatoms. The van der Waals surface area contributed by atoms with Crippen molar-refractivity contribution < 1.29 is 0 Å². The molecule has 9 rings (SSSR count). The van der Waals surface area contributed by atoms with E-state index in [0.717, 1.165) is 13.1 Å². The highest BCUT2D eigenvalue weighted by atomic mass is 15.0. The number of fused-ring (bicyclic) bond motifs is 2. The van der Waals surface area contributed by atoms with Crippen LogP contribution in [0.25, 0.3) is 44.8 Å². The van der Waals surface area contributed by atoms with Crippen LogP contribution in [0.2, 0.25) is 0 Å². The summed E-state index contributed by atoms with van der Waals surface area (Å²) in [6.07, 6.45) is 0. The van der Waals surface area contributed by atoms with E-state index in [2.05, 4.69) is 205 Å². The second-order valence-electron chi connectivity index (χ2n) is 13.7. The zero-order valence-corrected chi connectivity index (χ0v) is 29.8. The highest BCUT2D eigenvalue weighted by Crippen LogP contribution is 2.59. The lowest BCUT2D eigenvalue weighted by Crippen LogP contribution is -2.24. The summed E-state index contributed by atoms with van der Waals surface area (Å²) >= 11 is 0. The Kier molecular flexibility index (Phi) is 8.29. The van der Waals surface area contributed by atoms with Gasteiger partial charge in [-0.2, -0.15) is 0 Å². The van der Waals surface area contributed by atoms with Crippen molar-refractivity contribution in [1.82, 2.24) is 9.13 Å². The fourth-order valence-electron chi connectivity index (χ4n) is 8.98. The van der Waals surface area contributed by atoms with Gasteiger partial charge in [0.05, 0.1) is 23.2 Å². The Bertz CT molecular complexity index is 2260. The number of hydrogen-bond acceptors (Lipinski definition) is 0. The van der Waals surface area contributed by atoms with Crippen LogP contribution < -0.4 is 0 Å². The molecule has 2 heterocycles. The minimum absolute atomic E-state index is 0.00324. The van der Waals surface area contributed by atoms with Gasteiger partial charge >= 0.3 is 0 Å². The van der Waals surface area contributed by atoms with Gasteiger partial charge in [-0.15, -0.1) is 0 Å². The van der Waals surface area contributed by atoms with E-state index in [4.69, 9.17) is 0 Å². The molecule has 2 aromatic heterocycles. The van der Waals surface area contributed by atoms with Crippen molar-refractivity contribution in [3.8, 4) is 44.8 Å². The number of nitrogens with zero attached hydrogens (tertiary/aromatic N) is 2. The van der Waals surface area contributed by atoms with E-state index in [-0.39, 0.29) is 11.8 Å². The Morgan fingerprint density at radius 1 is 0.346 bits per heavy atom. The summed E-state index contributed by atoms with van der Waals surface area (Å²) in [7, 11) is 0. The molecule has 252 valence electrons. The lowest BCUT2D eigenvalue weighted by molar-refractivity contribution is 0.645. The Morgan fingerprint density at radius 3 is 0.904 bits per heavy atom. The first-order valence-electron chi connectivity index (χ1n) is 18.6. The van der Waals surface area contributed by atoms with Crippen molar-refractivity contribution in [3.63, 3.8) is 0 Å². The average molecular weight is 671 g/mol. The van der Waals surface area contributed by atoms with Gasteiger partial charge in [0.25, 0.3) is 0 Å². The van der Waals surface area contributed by atoms with Gasteiger partial charge in [0, 0.05) is 35.6 Å². The van der Waals surface area contributed by atoms with Gasteiger partial charge in [-0.25, -0.2) is 0 Å². The van der Waals surface area contributed by atoms with Crippen LogP contribution in [0, 0.1) is 0 Å². The van der Waals surface area contributed by atoms with Crippen LogP contribution in [0.3, 0.4) is 0 Å². The summed E-state index contributed by atoms with van der Waals surface area (Å²) in [6.45, 7) is 6.34. The molecule has 6 aromatic carbocycles. The second-order valence-corrected chi connectivity index (χ2v) is 13.7. The number of aromatic nitrogens is 2. The maximum atomic E-state index is 2.66. The standard InChI is InChI=1S/C50H42N2/c1-3-51-47(39-31-19-9-20-32-39)41(35-23-11-5-12-24-35)45-44(38-29-17-8-18-30-38)50-46(43(49(45)51)37-27-15-7-16-28-37)42(36-25-13-6-14-26-36)48(52(50)4-2)40-33-21-10-22-34-40/h5-34,43-44H,3-4H2,1-2H3. The largest absolute Gasteiger partial charge is 0.343 e. The molecule has 2 atom stereocenters. The molecule has 0 amide bonds. The predicted octanol–water partition coefficient (Wildman–Crippen LogP) is 12.7. The first kappa shape index (κ1) is 31.8. The molecule has 0 fully saturated rings. The summed E-state index contributed by atoms with van der Waals surface area (Å²) in [4.78, 5) is 0. The van der Waals surface area contributed by atoms with Gasteiger partial charge in [-0.1, -0.05) is 182 Å². The van der Waals surface area contributed by atoms with Gasteiger partial charge in [-0.05, 0) is 58.4 Å². The van der Waals surface area contributed by atoms with E-state index in [1.807, 2.05) is 0 Å². The van der Waals surface area contributed by atoms with Crippen LogP contribution in [-0.4, -0.2) is 9.13 Å². The van der Waals surface area contributed by atoms with Crippen molar-refractivity contribution in [2.75, 3.05) is 0 Å². The van der Waals surface area contributed by atoms with Crippen molar-refractivity contribution in [1.29, 1.82) is 0 Å². The van der Waals surface area contributed by atoms with E-state index in [1.54, 1.807) is 0 Å². The number of hydrogen-bond donors (Lipinski definition) is 0. The van der Waals surface area contributed by atoms with Crippen molar-refractivity contribution in [2.45, 2.75) is 38.8 Å². The molecule has 0 aliphatic heterocycles. The number of benzene rings is 6. The molecule has 0 saturated carbocycles. The minimum atomic E-state index is -0.00324. The maximum absolute atomic E-state index is 2.66. The van der Waals surface area contributed by atoms with Crippen molar-refractivity contribution >= 4 is 0 Å². The van der Waals surface area contributed by atoms with Gasteiger partial charge in [0.15, 0.2) is 0 Å². The Labute approximate surface area is 307 Å². The zero-order chi connectivity index (χ0) is 35.0. The van der Waals surface area contributed by atoms with Gasteiger partial charge in [0.1, 0.15) is 0 Å². The fourth-order valence-corrected chi connectivity index (χ4v) is 8.98. The second kappa shape index (κ2) is 13.5. The van der Waals surface area contributed by atoms with Crippen LogP contribution >= 0.6 is 0 Å². The highest BCUT2D eigenvalue weighted by Gasteiger charge is 2.45. The van der Waals surface area contributed by atoms with E-state index in [9.17, 15) is 0 Å². The predicted molar refractivity (Wildman–Crippen MR) is 217 cm³/mol. The highest BCUT2D eigenvalue weighted by molar-refractivity contribution is 5.93. The van der Waals surface area contributed by atoms with Crippen LogP contribution in [0.4, 0.5) is 0 Å². The monoisotopic (exact) mass is 670 g/mol. The van der Waals surface area contributed by atoms with Crippen LogP contribution in [-0.2, 0) is 13.1 Å². The fraction of sp³-hybridized carbons (Fsp3) is 0.120. The smallest absolute Gasteiger partial charge is 0.0565 e. The average Bonchev–Trinajstić information content (AvgIpc) is 3.75. The summed E-state index contributed by atoms with van der Waals surface area (Å²) in [5.74, 6) is -0.00647. The van der Waals surface area contributed by atoms with Crippen LogP contribution in [0.15, 0.2) is 182 Å². The number of rotatable bonds is 8. The molecule has 1 aliphatic rings. The molecule has 0 saturated heterocycles. The summed E-state index contributed by atoms with van der Waals surface area (Å²) in [5.41, 5.74) is 18.4. The molecule has 1 aliphatic carbocycles. The Morgan fingerprint density at radius 2 is 0.615 bits per heavy atom. The van der Waals surface area contributed by atoms with Gasteiger partial charge in [-0.3, -0.25) is 0 Å². The molecular formula is C50H42N2. The van der Waals surface area contributed by atoms with E-state index in [1.165, 1.54) is 78.4 Å². The zero-order valence-electron chi connectivity index (χ0n) is 29.8. The van der Waals surface area contributed by atoms with Crippen molar-refractivity contribution in [2.24, 2.45) is 0 Å². The van der Waals surface area contributed by atoms with E-state index < -0.39 is 0 Å². The van der Waals surface area contributed by atoms with E-state index in [0.29, 0.717) is 0 Å². The third-order valence-electron chi connectivity index (χ3n) is 10.9. The first-order chi connectivity index (χ1) is 25.8. The topological polar surface area (TPSA) is 9.86 Å². The molecule has 2 nitrogen and oxygen atoms in total. The summed E-state index contributed by atoms with van der Waals surface area (Å²) < 4.78 is 5.31. The van der Waals surface area contributed by atoms with E-state index >= 15 is 0 Å². The van der Waals surface area contributed by atoms with Gasteiger partial charge in [0.2, 0.25) is 0 Å². The molecule has 0 N–H and O–H groups in total. The Balaban J connectivity index is 1.54. The molecule has 52 heavy (non-hydrogen) atoms. The third kappa shape index (κ3) is 5.09. The van der Waals surface area contributed by atoms with Crippen LogP contribution in [0.5, 0.6) is 0 Å². The molecule has 0 radical (unpaired) electrons.